The first-order valence-electron chi connectivity index (χ1n) is 4.35. The van der Waals surface area contributed by atoms with E-state index in [9.17, 15) is 10.1 Å². The third-order valence-corrected chi connectivity index (χ3v) is 2.01. The van der Waals surface area contributed by atoms with Gasteiger partial charge in [-0.2, -0.15) is 0 Å². The molecule has 0 saturated carbocycles. The van der Waals surface area contributed by atoms with Crippen LogP contribution < -0.4 is 11.5 Å². The maximum absolute atomic E-state index is 10.4. The number of nitrogens with zero attached hydrogens (tertiary/aromatic N) is 1. The molecule has 0 bridgehead atoms. The molecule has 0 amide bonds. The van der Waals surface area contributed by atoms with E-state index in [1.54, 1.807) is 12.1 Å². The lowest BCUT2D eigenvalue weighted by atomic mass is 10.0. The molecule has 0 aliphatic heterocycles. The second-order valence-corrected chi connectivity index (χ2v) is 3.03. The molecule has 1 aromatic carbocycles. The lowest BCUT2D eigenvalue weighted by molar-refractivity contribution is -0.384. The van der Waals surface area contributed by atoms with Crippen molar-refractivity contribution in [2.24, 2.45) is 11.5 Å². The molecule has 0 heterocycles. The number of nitro groups is 1. The van der Waals surface area contributed by atoms with Gasteiger partial charge < -0.3 is 11.5 Å². The Kier molecular flexibility index (Phi) is 3.55. The van der Waals surface area contributed by atoms with Gasteiger partial charge in [-0.05, 0) is 18.5 Å². The van der Waals surface area contributed by atoms with Gasteiger partial charge in [-0.1, -0.05) is 12.1 Å². The van der Waals surface area contributed by atoms with Crippen LogP contribution in [-0.4, -0.2) is 11.5 Å². The average Bonchev–Trinajstić information content (AvgIpc) is 2.18. The monoisotopic (exact) mass is 195 g/mol. The Morgan fingerprint density at radius 3 is 2.36 bits per heavy atom. The molecular formula is C9H13N3O2. The Balaban J connectivity index is 2.77. The molecule has 1 rings (SSSR count). The quantitative estimate of drug-likeness (QED) is 0.552. The molecule has 1 atom stereocenters. The summed E-state index contributed by atoms with van der Waals surface area (Å²) in [7, 11) is 0. The lowest BCUT2D eigenvalue weighted by Crippen LogP contribution is -2.15. The smallest absolute Gasteiger partial charge is 0.269 e. The molecule has 4 N–H and O–H groups in total. The Morgan fingerprint density at radius 1 is 1.36 bits per heavy atom. The van der Waals surface area contributed by atoms with E-state index in [2.05, 4.69) is 0 Å². The average molecular weight is 195 g/mol. The van der Waals surface area contributed by atoms with Gasteiger partial charge in [-0.3, -0.25) is 10.1 Å². The van der Waals surface area contributed by atoms with Crippen LogP contribution in [0.3, 0.4) is 0 Å². The summed E-state index contributed by atoms with van der Waals surface area (Å²) in [5.41, 5.74) is 12.1. The molecule has 5 nitrogen and oxygen atoms in total. The maximum atomic E-state index is 10.4. The van der Waals surface area contributed by atoms with Crippen LogP contribution in [0.25, 0.3) is 0 Å². The van der Waals surface area contributed by atoms with Gasteiger partial charge in [0.1, 0.15) is 0 Å². The van der Waals surface area contributed by atoms with E-state index in [4.69, 9.17) is 11.5 Å². The predicted molar refractivity (Wildman–Crippen MR) is 53.7 cm³/mol. The van der Waals surface area contributed by atoms with Gasteiger partial charge in [0.25, 0.3) is 5.69 Å². The third-order valence-electron chi connectivity index (χ3n) is 2.01. The van der Waals surface area contributed by atoms with Crippen LogP contribution in [0, 0.1) is 10.1 Å². The number of nitrogens with two attached hydrogens (primary N) is 2. The van der Waals surface area contributed by atoms with E-state index < -0.39 is 4.92 Å². The van der Waals surface area contributed by atoms with Gasteiger partial charge in [0, 0.05) is 18.2 Å². The van der Waals surface area contributed by atoms with Gasteiger partial charge in [-0.25, -0.2) is 0 Å². The Morgan fingerprint density at radius 2 is 1.93 bits per heavy atom. The number of nitro benzene ring substituents is 1. The fraction of sp³-hybridized carbons (Fsp3) is 0.333. The Bertz CT molecular complexity index is 310. The minimum Gasteiger partial charge on any atom is -0.330 e. The van der Waals surface area contributed by atoms with Crippen molar-refractivity contribution in [1.29, 1.82) is 0 Å². The van der Waals surface area contributed by atoms with Crippen molar-refractivity contribution in [2.75, 3.05) is 6.54 Å². The highest BCUT2D eigenvalue weighted by Crippen LogP contribution is 2.17. The number of hydrogen-bond donors (Lipinski definition) is 2. The fourth-order valence-corrected chi connectivity index (χ4v) is 1.19. The molecule has 0 aliphatic rings. The summed E-state index contributed by atoms with van der Waals surface area (Å²) in [6.45, 7) is 0.512. The van der Waals surface area contributed by atoms with E-state index in [-0.39, 0.29) is 11.7 Å². The highest BCUT2D eigenvalue weighted by Gasteiger charge is 2.08. The normalized spacial score (nSPS) is 12.4. The van der Waals surface area contributed by atoms with E-state index in [1.807, 2.05) is 0 Å². The van der Waals surface area contributed by atoms with Gasteiger partial charge >= 0.3 is 0 Å². The number of rotatable bonds is 4. The van der Waals surface area contributed by atoms with Crippen LogP contribution in [-0.2, 0) is 0 Å². The van der Waals surface area contributed by atoms with Crippen LogP contribution in [0.1, 0.15) is 18.0 Å². The highest BCUT2D eigenvalue weighted by molar-refractivity contribution is 5.34. The second-order valence-electron chi connectivity index (χ2n) is 3.03. The van der Waals surface area contributed by atoms with Gasteiger partial charge in [0.2, 0.25) is 0 Å². The second kappa shape index (κ2) is 4.69. The minimum atomic E-state index is -0.432. The van der Waals surface area contributed by atoms with Crippen LogP contribution in [0.15, 0.2) is 24.3 Å². The Hall–Kier alpha value is -1.46. The molecule has 14 heavy (non-hydrogen) atoms. The molecular weight excluding hydrogens is 182 g/mol. The molecule has 1 aromatic rings. The van der Waals surface area contributed by atoms with Crippen molar-refractivity contribution in [1.82, 2.24) is 0 Å². The first kappa shape index (κ1) is 10.6. The minimum absolute atomic E-state index is 0.0775. The van der Waals surface area contributed by atoms with Gasteiger partial charge in [0.15, 0.2) is 0 Å². The van der Waals surface area contributed by atoms with E-state index in [0.717, 1.165) is 5.56 Å². The summed E-state index contributed by atoms with van der Waals surface area (Å²) in [4.78, 5) is 9.93. The van der Waals surface area contributed by atoms with Crippen molar-refractivity contribution in [3.63, 3.8) is 0 Å². The van der Waals surface area contributed by atoms with Gasteiger partial charge in [0.05, 0.1) is 4.92 Å². The summed E-state index contributed by atoms with van der Waals surface area (Å²) in [5.74, 6) is 0. The summed E-state index contributed by atoms with van der Waals surface area (Å²) in [6.07, 6.45) is 0.678. The molecule has 0 aromatic heterocycles. The zero-order valence-corrected chi connectivity index (χ0v) is 7.72. The van der Waals surface area contributed by atoms with Crippen LogP contribution in [0.4, 0.5) is 5.69 Å². The molecule has 0 radical (unpaired) electrons. The molecule has 0 saturated heterocycles. The molecule has 5 heteroatoms. The SMILES string of the molecule is NCC[C@@H](N)c1ccc([N+](=O)[O-])cc1. The number of benzene rings is 1. The summed E-state index contributed by atoms with van der Waals surface area (Å²) in [5, 5.41) is 10.4. The van der Waals surface area contributed by atoms with Crippen molar-refractivity contribution in [3.05, 3.63) is 39.9 Å². The Labute approximate surface area is 81.9 Å². The summed E-state index contributed by atoms with van der Waals surface area (Å²) < 4.78 is 0. The molecule has 0 spiro atoms. The van der Waals surface area contributed by atoms with Crippen molar-refractivity contribution in [2.45, 2.75) is 12.5 Å². The summed E-state index contributed by atoms with van der Waals surface area (Å²) in [6, 6.07) is 6.09. The maximum Gasteiger partial charge on any atom is 0.269 e. The first-order chi connectivity index (χ1) is 6.65. The highest BCUT2D eigenvalue weighted by atomic mass is 16.6. The van der Waals surface area contributed by atoms with Crippen LogP contribution in [0.5, 0.6) is 0 Å². The summed E-state index contributed by atoms with van der Waals surface area (Å²) >= 11 is 0. The molecule has 0 unspecified atom stereocenters. The standard InChI is InChI=1S/C9H13N3O2/c10-6-5-9(11)7-1-3-8(4-2-7)12(13)14/h1-4,9H,5-6,10-11H2/t9-/m1/s1. The third kappa shape index (κ3) is 2.51. The molecule has 0 aliphatic carbocycles. The number of non-ortho nitro benzene ring substituents is 1. The number of hydrogen-bond acceptors (Lipinski definition) is 4. The lowest BCUT2D eigenvalue weighted by Gasteiger charge is -2.09. The first-order valence-corrected chi connectivity index (χ1v) is 4.35. The zero-order valence-electron chi connectivity index (χ0n) is 7.72. The van der Waals surface area contributed by atoms with Crippen molar-refractivity contribution in [3.8, 4) is 0 Å². The fourth-order valence-electron chi connectivity index (χ4n) is 1.19. The van der Waals surface area contributed by atoms with Crippen molar-refractivity contribution < 1.29 is 4.92 Å². The largest absolute Gasteiger partial charge is 0.330 e. The topological polar surface area (TPSA) is 95.2 Å². The van der Waals surface area contributed by atoms with E-state index >= 15 is 0 Å². The van der Waals surface area contributed by atoms with Crippen LogP contribution in [0.2, 0.25) is 0 Å². The van der Waals surface area contributed by atoms with E-state index in [1.165, 1.54) is 12.1 Å². The van der Waals surface area contributed by atoms with Crippen LogP contribution >= 0.6 is 0 Å². The predicted octanol–water partition coefficient (Wildman–Crippen LogP) is 0.943. The molecule has 76 valence electrons. The van der Waals surface area contributed by atoms with Gasteiger partial charge in [-0.15, -0.1) is 0 Å². The van der Waals surface area contributed by atoms with E-state index in [0.29, 0.717) is 13.0 Å². The zero-order chi connectivity index (χ0) is 10.6. The van der Waals surface area contributed by atoms with Crippen molar-refractivity contribution >= 4 is 5.69 Å². The molecule has 0 fully saturated rings.